The van der Waals surface area contributed by atoms with Crippen LogP contribution in [0.1, 0.15) is 60.3 Å². The Hall–Kier alpha value is 0. The molecule has 2 fully saturated rings. The Morgan fingerprint density at radius 1 is 1.00 bits per heavy atom. The second kappa shape index (κ2) is 4.70. The first-order chi connectivity index (χ1) is 7.60. The van der Waals surface area contributed by atoms with Gasteiger partial charge in [0.2, 0.25) is 0 Å². The van der Waals surface area contributed by atoms with Gasteiger partial charge in [0.15, 0.2) is 0 Å². The fraction of sp³-hybridized carbons (Fsp3) is 1.00. The van der Waals surface area contributed by atoms with Crippen molar-refractivity contribution in [1.82, 2.24) is 0 Å². The van der Waals surface area contributed by atoms with Crippen molar-refractivity contribution in [1.29, 1.82) is 0 Å². The minimum atomic E-state index is 0.913. The van der Waals surface area contributed by atoms with Gasteiger partial charge in [-0.05, 0) is 54.3 Å². The second-order valence-corrected chi connectivity index (χ2v) is 6.74. The Balaban J connectivity index is 1.83. The lowest BCUT2D eigenvalue weighted by Crippen LogP contribution is -2.54. The van der Waals surface area contributed by atoms with Crippen LogP contribution in [-0.2, 0) is 0 Å². The molecule has 0 N–H and O–H groups in total. The lowest BCUT2D eigenvalue weighted by molar-refractivity contribution is -0.121. The molecule has 0 aliphatic heterocycles. The summed E-state index contributed by atoms with van der Waals surface area (Å²) in [6, 6.07) is 0. The highest BCUT2D eigenvalue weighted by Crippen LogP contribution is 2.62. The SMILES string of the molecule is CCC(C)C(C)C(C)C1CC2C(CC)CC21. The van der Waals surface area contributed by atoms with E-state index in [1.54, 1.807) is 12.8 Å². The van der Waals surface area contributed by atoms with Gasteiger partial charge in [-0.15, -0.1) is 0 Å². The van der Waals surface area contributed by atoms with Crippen molar-refractivity contribution < 1.29 is 0 Å². The highest BCUT2D eigenvalue weighted by atomic mass is 14.6. The fourth-order valence-corrected chi connectivity index (χ4v) is 4.36. The van der Waals surface area contributed by atoms with E-state index in [-0.39, 0.29) is 0 Å². The molecule has 0 spiro atoms. The molecule has 0 radical (unpaired) electrons. The van der Waals surface area contributed by atoms with E-state index in [9.17, 15) is 0 Å². The van der Waals surface area contributed by atoms with Crippen LogP contribution in [0.5, 0.6) is 0 Å². The van der Waals surface area contributed by atoms with Gasteiger partial charge < -0.3 is 0 Å². The Kier molecular flexibility index (Phi) is 3.66. The van der Waals surface area contributed by atoms with Crippen molar-refractivity contribution in [3.8, 4) is 0 Å². The first-order valence-corrected chi connectivity index (χ1v) is 7.60. The summed E-state index contributed by atoms with van der Waals surface area (Å²) in [7, 11) is 0. The summed E-state index contributed by atoms with van der Waals surface area (Å²) >= 11 is 0. The third-order valence-corrected chi connectivity index (χ3v) is 6.40. The number of fused-ring (bicyclic) bond motifs is 1. The van der Waals surface area contributed by atoms with Gasteiger partial charge in [-0.25, -0.2) is 0 Å². The first-order valence-electron chi connectivity index (χ1n) is 7.60. The van der Waals surface area contributed by atoms with Crippen LogP contribution < -0.4 is 0 Å². The van der Waals surface area contributed by atoms with Gasteiger partial charge in [0.05, 0.1) is 0 Å². The summed E-state index contributed by atoms with van der Waals surface area (Å²) in [5, 5.41) is 0. The van der Waals surface area contributed by atoms with E-state index in [1.165, 1.54) is 12.8 Å². The molecular weight excluding hydrogens is 192 g/mol. The molecule has 7 unspecified atom stereocenters. The topological polar surface area (TPSA) is 0 Å². The zero-order chi connectivity index (χ0) is 11.9. The average Bonchev–Trinajstić information content (AvgIpc) is 2.28. The lowest BCUT2D eigenvalue weighted by atomic mass is 9.44. The van der Waals surface area contributed by atoms with Crippen molar-refractivity contribution in [2.75, 3.05) is 0 Å². The largest absolute Gasteiger partial charge is 0.0651 e. The average molecular weight is 222 g/mol. The minimum absolute atomic E-state index is 0.913. The molecule has 16 heavy (non-hydrogen) atoms. The monoisotopic (exact) mass is 222 g/mol. The summed E-state index contributed by atoms with van der Waals surface area (Å²) in [5.41, 5.74) is 0. The highest BCUT2D eigenvalue weighted by molar-refractivity contribution is 5.03. The third kappa shape index (κ3) is 1.83. The van der Waals surface area contributed by atoms with Crippen LogP contribution in [0, 0.1) is 41.4 Å². The van der Waals surface area contributed by atoms with Gasteiger partial charge in [0, 0.05) is 0 Å². The first kappa shape index (κ1) is 12.5. The van der Waals surface area contributed by atoms with Crippen LogP contribution in [0.3, 0.4) is 0 Å². The molecule has 0 amide bonds. The fourth-order valence-electron chi connectivity index (χ4n) is 4.36. The van der Waals surface area contributed by atoms with E-state index in [4.69, 9.17) is 0 Å². The molecule has 0 bridgehead atoms. The number of rotatable bonds is 5. The number of hydrogen-bond donors (Lipinski definition) is 0. The van der Waals surface area contributed by atoms with Crippen molar-refractivity contribution >= 4 is 0 Å². The highest BCUT2D eigenvalue weighted by Gasteiger charge is 2.54. The van der Waals surface area contributed by atoms with Crippen LogP contribution in [-0.4, -0.2) is 0 Å². The summed E-state index contributed by atoms with van der Waals surface area (Å²) < 4.78 is 0. The molecule has 7 atom stereocenters. The molecule has 94 valence electrons. The molecule has 2 rings (SSSR count). The summed E-state index contributed by atoms with van der Waals surface area (Å²) in [6.45, 7) is 12.2. The van der Waals surface area contributed by atoms with Gasteiger partial charge in [-0.1, -0.05) is 47.5 Å². The van der Waals surface area contributed by atoms with E-state index in [0.717, 1.165) is 41.4 Å². The molecule has 0 aromatic rings. The Morgan fingerprint density at radius 3 is 2.12 bits per heavy atom. The van der Waals surface area contributed by atoms with E-state index >= 15 is 0 Å². The zero-order valence-corrected chi connectivity index (χ0v) is 11.9. The molecule has 2 aliphatic rings. The molecule has 2 aliphatic carbocycles. The number of hydrogen-bond acceptors (Lipinski definition) is 0. The molecule has 0 saturated heterocycles. The Bertz CT molecular complexity index is 232. The van der Waals surface area contributed by atoms with E-state index < -0.39 is 0 Å². The van der Waals surface area contributed by atoms with Crippen LogP contribution in [0.2, 0.25) is 0 Å². The quantitative estimate of drug-likeness (QED) is 0.615. The maximum Gasteiger partial charge on any atom is -0.0349 e. The van der Waals surface area contributed by atoms with Crippen LogP contribution >= 0.6 is 0 Å². The van der Waals surface area contributed by atoms with Gasteiger partial charge in [0.1, 0.15) is 0 Å². The van der Waals surface area contributed by atoms with Crippen molar-refractivity contribution in [3.05, 3.63) is 0 Å². The van der Waals surface area contributed by atoms with Gasteiger partial charge >= 0.3 is 0 Å². The second-order valence-electron chi connectivity index (χ2n) is 6.74. The Labute approximate surface area is 102 Å². The molecule has 0 nitrogen and oxygen atoms in total. The smallest absolute Gasteiger partial charge is 0.0349 e. The van der Waals surface area contributed by atoms with E-state index in [1.807, 2.05) is 0 Å². The van der Waals surface area contributed by atoms with E-state index in [0.29, 0.717) is 0 Å². The molecule has 0 aromatic carbocycles. The predicted molar refractivity (Wildman–Crippen MR) is 71.3 cm³/mol. The standard InChI is InChI=1S/C16H30/c1-6-10(3)11(4)12(5)14-9-15-13(7-2)8-16(14)15/h10-16H,6-9H2,1-5H3. The molecular formula is C16H30. The van der Waals surface area contributed by atoms with Crippen molar-refractivity contribution in [2.24, 2.45) is 41.4 Å². The predicted octanol–water partition coefficient (Wildman–Crippen LogP) is 4.99. The van der Waals surface area contributed by atoms with Crippen molar-refractivity contribution in [3.63, 3.8) is 0 Å². The molecule has 0 heteroatoms. The van der Waals surface area contributed by atoms with Gasteiger partial charge in [-0.3, -0.25) is 0 Å². The minimum Gasteiger partial charge on any atom is -0.0651 e. The summed E-state index contributed by atoms with van der Waals surface area (Å²) in [4.78, 5) is 0. The van der Waals surface area contributed by atoms with Gasteiger partial charge in [-0.2, -0.15) is 0 Å². The van der Waals surface area contributed by atoms with Gasteiger partial charge in [0.25, 0.3) is 0 Å². The summed E-state index contributed by atoms with van der Waals surface area (Å²) in [6.07, 6.45) is 5.90. The van der Waals surface area contributed by atoms with Crippen molar-refractivity contribution in [2.45, 2.75) is 60.3 Å². The molecule has 0 heterocycles. The third-order valence-electron chi connectivity index (χ3n) is 6.40. The van der Waals surface area contributed by atoms with Crippen LogP contribution in [0.15, 0.2) is 0 Å². The zero-order valence-electron chi connectivity index (χ0n) is 11.9. The Morgan fingerprint density at radius 2 is 1.69 bits per heavy atom. The summed E-state index contributed by atoms with van der Waals surface area (Å²) in [5.74, 6) is 7.26. The van der Waals surface area contributed by atoms with Crippen LogP contribution in [0.4, 0.5) is 0 Å². The normalized spacial score (nSPS) is 42.6. The molecule has 2 saturated carbocycles. The maximum atomic E-state index is 2.52. The lowest BCUT2D eigenvalue weighted by Gasteiger charge is -2.61. The molecule has 0 aromatic heterocycles. The maximum absolute atomic E-state index is 2.52. The van der Waals surface area contributed by atoms with E-state index in [2.05, 4.69) is 34.6 Å². The van der Waals surface area contributed by atoms with Crippen LogP contribution in [0.25, 0.3) is 0 Å².